The molecular formula is C26H26BrClN2O2S. The maximum absolute atomic E-state index is 13.4. The summed E-state index contributed by atoms with van der Waals surface area (Å²) in [6, 6.07) is 24.6. The van der Waals surface area contributed by atoms with Gasteiger partial charge in [0.2, 0.25) is 11.8 Å². The van der Waals surface area contributed by atoms with Gasteiger partial charge in [-0.2, -0.15) is 0 Å². The zero-order valence-corrected chi connectivity index (χ0v) is 21.5. The van der Waals surface area contributed by atoms with Gasteiger partial charge < -0.3 is 10.2 Å². The minimum absolute atomic E-state index is 0.0709. The second kappa shape index (κ2) is 12.8. The maximum atomic E-state index is 13.4. The van der Waals surface area contributed by atoms with Crippen LogP contribution in [0.3, 0.4) is 0 Å². The maximum Gasteiger partial charge on any atom is 0.242 e. The number of benzene rings is 3. The van der Waals surface area contributed by atoms with Gasteiger partial charge in [0.05, 0.1) is 5.75 Å². The topological polar surface area (TPSA) is 49.4 Å². The van der Waals surface area contributed by atoms with Gasteiger partial charge in [0.25, 0.3) is 0 Å². The highest BCUT2D eigenvalue weighted by molar-refractivity contribution is 9.10. The Bertz CT molecular complexity index is 1060. The third kappa shape index (κ3) is 7.91. The highest BCUT2D eigenvalue weighted by atomic mass is 79.9. The summed E-state index contributed by atoms with van der Waals surface area (Å²) in [5.74, 6) is 0.721. The fraction of sp³-hybridized carbons (Fsp3) is 0.231. The standard InChI is InChI=1S/C26H26BrClN2O2S/c1-29-26(32)24(15-19-6-3-2-4-7-19)30(16-21-8-5-9-22(27)14-21)25(31)18-33-17-20-10-12-23(28)13-11-20/h2-14,24H,15-18H2,1H3,(H,29,32)/t24-/m0/s1. The molecule has 0 saturated carbocycles. The van der Waals surface area contributed by atoms with Crippen molar-refractivity contribution in [2.24, 2.45) is 0 Å². The molecule has 7 heteroatoms. The van der Waals surface area contributed by atoms with Crippen LogP contribution in [0.4, 0.5) is 0 Å². The van der Waals surface area contributed by atoms with Crippen LogP contribution >= 0.6 is 39.3 Å². The third-order valence-corrected chi connectivity index (χ3v) is 6.90. The van der Waals surface area contributed by atoms with Crippen LogP contribution in [0.25, 0.3) is 0 Å². The van der Waals surface area contributed by atoms with Crippen molar-refractivity contribution in [1.82, 2.24) is 10.2 Å². The van der Waals surface area contributed by atoms with Crippen molar-refractivity contribution in [2.45, 2.75) is 24.8 Å². The Hall–Kier alpha value is -2.28. The molecule has 0 aliphatic heterocycles. The molecule has 0 aliphatic rings. The highest BCUT2D eigenvalue weighted by Gasteiger charge is 2.29. The van der Waals surface area contributed by atoms with Gasteiger partial charge in [-0.3, -0.25) is 9.59 Å². The fourth-order valence-electron chi connectivity index (χ4n) is 3.47. The van der Waals surface area contributed by atoms with E-state index < -0.39 is 6.04 Å². The van der Waals surface area contributed by atoms with Crippen LogP contribution in [-0.4, -0.2) is 35.6 Å². The number of thioether (sulfide) groups is 1. The summed E-state index contributed by atoms with van der Waals surface area (Å²) < 4.78 is 0.934. The summed E-state index contributed by atoms with van der Waals surface area (Å²) in [7, 11) is 1.61. The molecule has 1 atom stereocenters. The number of nitrogens with zero attached hydrogens (tertiary/aromatic N) is 1. The molecule has 1 N–H and O–H groups in total. The van der Waals surface area contributed by atoms with Crippen LogP contribution in [0.5, 0.6) is 0 Å². The van der Waals surface area contributed by atoms with Crippen LogP contribution in [0.2, 0.25) is 5.02 Å². The smallest absolute Gasteiger partial charge is 0.242 e. The molecule has 0 spiro atoms. The van der Waals surface area contributed by atoms with E-state index in [0.29, 0.717) is 23.7 Å². The minimum atomic E-state index is -0.611. The number of hydrogen-bond donors (Lipinski definition) is 1. The molecule has 0 unspecified atom stereocenters. The Balaban J connectivity index is 1.80. The number of hydrogen-bond acceptors (Lipinski definition) is 3. The number of likely N-dealkylation sites (N-methyl/N-ethyl adjacent to an activating group) is 1. The molecule has 4 nitrogen and oxygen atoms in total. The van der Waals surface area contributed by atoms with E-state index in [2.05, 4.69) is 21.2 Å². The summed E-state index contributed by atoms with van der Waals surface area (Å²) in [6.07, 6.45) is 0.447. The first-order valence-corrected chi connectivity index (χ1v) is 12.9. The zero-order valence-electron chi connectivity index (χ0n) is 18.3. The Morgan fingerprint density at radius 2 is 1.67 bits per heavy atom. The van der Waals surface area contributed by atoms with Gasteiger partial charge >= 0.3 is 0 Å². The predicted molar refractivity (Wildman–Crippen MR) is 140 cm³/mol. The summed E-state index contributed by atoms with van der Waals surface area (Å²) in [5.41, 5.74) is 3.07. The normalized spacial score (nSPS) is 11.6. The molecule has 0 saturated heterocycles. The molecule has 0 heterocycles. The van der Waals surface area contributed by atoms with Crippen LogP contribution in [0, 0.1) is 0 Å². The second-order valence-electron chi connectivity index (χ2n) is 7.59. The molecular weight excluding hydrogens is 520 g/mol. The quantitative estimate of drug-likeness (QED) is 0.354. The van der Waals surface area contributed by atoms with Crippen molar-refractivity contribution in [3.8, 4) is 0 Å². The molecule has 2 amide bonds. The summed E-state index contributed by atoms with van der Waals surface area (Å²) in [5, 5.41) is 3.43. The summed E-state index contributed by atoms with van der Waals surface area (Å²) >= 11 is 11.0. The molecule has 0 fully saturated rings. The molecule has 3 rings (SSSR count). The first-order valence-electron chi connectivity index (χ1n) is 10.6. The van der Waals surface area contributed by atoms with E-state index in [-0.39, 0.29) is 17.6 Å². The zero-order chi connectivity index (χ0) is 23.6. The Kier molecular flexibility index (Phi) is 9.85. The molecule has 3 aromatic rings. The van der Waals surface area contributed by atoms with E-state index in [0.717, 1.165) is 21.2 Å². The van der Waals surface area contributed by atoms with Gasteiger partial charge in [-0.25, -0.2) is 0 Å². The van der Waals surface area contributed by atoms with Crippen molar-refractivity contribution in [3.63, 3.8) is 0 Å². The van der Waals surface area contributed by atoms with Gasteiger partial charge in [-0.15, -0.1) is 11.8 Å². The highest BCUT2D eigenvalue weighted by Crippen LogP contribution is 2.20. The monoisotopic (exact) mass is 544 g/mol. The predicted octanol–water partition coefficient (Wildman–Crippen LogP) is 5.72. The fourth-order valence-corrected chi connectivity index (χ4v) is 4.92. The molecule has 0 bridgehead atoms. The molecule has 172 valence electrons. The number of nitrogens with one attached hydrogen (secondary N) is 1. The van der Waals surface area contributed by atoms with Crippen molar-refractivity contribution in [1.29, 1.82) is 0 Å². The lowest BCUT2D eigenvalue weighted by atomic mass is 10.0. The van der Waals surface area contributed by atoms with Crippen LogP contribution in [0.15, 0.2) is 83.3 Å². The molecule has 0 radical (unpaired) electrons. The van der Waals surface area contributed by atoms with Gasteiger partial charge in [0.15, 0.2) is 0 Å². The first kappa shape index (κ1) is 25.3. The average molecular weight is 546 g/mol. The number of halogens is 2. The summed E-state index contributed by atoms with van der Waals surface area (Å²) in [6.45, 7) is 0.352. The van der Waals surface area contributed by atoms with Crippen molar-refractivity contribution < 1.29 is 9.59 Å². The SMILES string of the molecule is CNC(=O)[C@H](Cc1ccccc1)N(Cc1cccc(Br)c1)C(=O)CSCc1ccc(Cl)cc1. The van der Waals surface area contributed by atoms with Crippen molar-refractivity contribution in [3.05, 3.63) is 105 Å². The number of carbonyl (C=O) groups is 2. The van der Waals surface area contributed by atoms with Gasteiger partial charge in [-0.05, 0) is 41.0 Å². The van der Waals surface area contributed by atoms with Crippen LogP contribution in [-0.2, 0) is 28.3 Å². The van der Waals surface area contributed by atoms with E-state index in [9.17, 15) is 9.59 Å². The van der Waals surface area contributed by atoms with Gasteiger partial charge in [0.1, 0.15) is 6.04 Å². The van der Waals surface area contributed by atoms with Crippen LogP contribution < -0.4 is 5.32 Å². The van der Waals surface area contributed by atoms with E-state index >= 15 is 0 Å². The Morgan fingerprint density at radius 3 is 2.33 bits per heavy atom. The van der Waals surface area contributed by atoms with Crippen molar-refractivity contribution in [2.75, 3.05) is 12.8 Å². The van der Waals surface area contributed by atoms with E-state index in [1.54, 1.807) is 11.9 Å². The Morgan fingerprint density at radius 1 is 0.970 bits per heavy atom. The second-order valence-corrected chi connectivity index (χ2v) is 9.93. The van der Waals surface area contributed by atoms with Gasteiger partial charge in [-0.1, -0.05) is 82.1 Å². The average Bonchev–Trinajstić information content (AvgIpc) is 2.82. The first-order chi connectivity index (χ1) is 16.0. The number of amides is 2. The van der Waals surface area contributed by atoms with Crippen LogP contribution in [0.1, 0.15) is 16.7 Å². The lowest BCUT2D eigenvalue weighted by Crippen LogP contribution is -2.50. The van der Waals surface area contributed by atoms with E-state index in [4.69, 9.17) is 11.6 Å². The lowest BCUT2D eigenvalue weighted by molar-refractivity contribution is -0.139. The lowest BCUT2D eigenvalue weighted by Gasteiger charge is -2.31. The molecule has 0 aromatic heterocycles. The largest absolute Gasteiger partial charge is 0.357 e. The number of rotatable bonds is 10. The van der Waals surface area contributed by atoms with Crippen molar-refractivity contribution >= 4 is 51.1 Å². The molecule has 0 aliphatic carbocycles. The van der Waals surface area contributed by atoms with E-state index in [1.165, 1.54) is 11.8 Å². The third-order valence-electron chi connectivity index (χ3n) is 5.17. The summed E-state index contributed by atoms with van der Waals surface area (Å²) in [4.78, 5) is 28.0. The Labute approximate surface area is 212 Å². The van der Waals surface area contributed by atoms with Gasteiger partial charge in [0, 0.05) is 35.3 Å². The molecule has 3 aromatic carbocycles. The number of carbonyl (C=O) groups excluding carboxylic acids is 2. The van der Waals surface area contributed by atoms with E-state index in [1.807, 2.05) is 78.9 Å². The molecule has 33 heavy (non-hydrogen) atoms. The minimum Gasteiger partial charge on any atom is -0.357 e.